The number of carboxylic acid groups (broad SMARTS) is 1. The molecule has 0 amide bonds. The smallest absolute Gasteiger partial charge is 0.337 e. The van der Waals surface area contributed by atoms with Crippen molar-refractivity contribution in [3.63, 3.8) is 0 Å². The van der Waals surface area contributed by atoms with Crippen LogP contribution in [-0.2, 0) is 22.8 Å². The van der Waals surface area contributed by atoms with Crippen LogP contribution in [-0.4, -0.2) is 48.5 Å². The second-order valence-electron chi connectivity index (χ2n) is 9.03. The first-order chi connectivity index (χ1) is 14.8. The fourth-order valence-electron chi connectivity index (χ4n) is 3.71. The number of benzene rings is 1. The maximum atomic E-state index is 11.8. The van der Waals surface area contributed by atoms with Crippen molar-refractivity contribution in [1.82, 2.24) is 9.55 Å². The molecule has 0 fully saturated rings. The maximum absolute atomic E-state index is 11.8. The SMILES string of the molecule is C[Si](C)(C)CCOCn1ccc2cc3c(nc21)COCCN3c1ccccc1C(=O)O. The Hall–Kier alpha value is -2.68. The van der Waals surface area contributed by atoms with E-state index in [1.165, 1.54) is 0 Å². The van der Waals surface area contributed by atoms with Crippen LogP contribution in [0.4, 0.5) is 11.4 Å². The van der Waals surface area contributed by atoms with Crippen LogP contribution in [0.25, 0.3) is 11.0 Å². The molecule has 0 aliphatic carbocycles. The number of anilines is 2. The topological polar surface area (TPSA) is 76.8 Å². The van der Waals surface area contributed by atoms with Crippen LogP contribution in [0.1, 0.15) is 16.1 Å². The number of carboxylic acids is 1. The summed E-state index contributed by atoms with van der Waals surface area (Å²) in [4.78, 5) is 18.7. The minimum atomic E-state index is -1.12. The van der Waals surface area contributed by atoms with Gasteiger partial charge in [0.05, 0.1) is 35.8 Å². The van der Waals surface area contributed by atoms with Crippen molar-refractivity contribution in [3.05, 3.63) is 53.9 Å². The van der Waals surface area contributed by atoms with E-state index in [0.29, 0.717) is 32.2 Å². The van der Waals surface area contributed by atoms with E-state index in [9.17, 15) is 9.90 Å². The lowest BCUT2D eigenvalue weighted by Gasteiger charge is -2.25. The molecule has 1 aromatic carbocycles. The highest BCUT2D eigenvalue weighted by atomic mass is 28.3. The van der Waals surface area contributed by atoms with E-state index >= 15 is 0 Å². The predicted octanol–water partition coefficient (Wildman–Crippen LogP) is 4.72. The highest BCUT2D eigenvalue weighted by Gasteiger charge is 2.23. The van der Waals surface area contributed by atoms with E-state index in [-0.39, 0.29) is 5.56 Å². The Balaban J connectivity index is 1.66. The molecule has 0 saturated heterocycles. The molecule has 0 saturated carbocycles. The van der Waals surface area contributed by atoms with Gasteiger partial charge >= 0.3 is 5.97 Å². The zero-order valence-corrected chi connectivity index (χ0v) is 19.3. The Morgan fingerprint density at radius 2 is 2.03 bits per heavy atom. The Bertz CT molecular complexity index is 1090. The van der Waals surface area contributed by atoms with E-state index in [2.05, 4.69) is 25.7 Å². The molecule has 0 unspecified atom stereocenters. The third kappa shape index (κ3) is 4.81. The van der Waals surface area contributed by atoms with Crippen LogP contribution in [0.2, 0.25) is 25.7 Å². The lowest BCUT2D eigenvalue weighted by atomic mass is 10.1. The van der Waals surface area contributed by atoms with Crippen LogP contribution in [0, 0.1) is 0 Å². The number of para-hydroxylation sites is 1. The number of nitrogens with zero attached hydrogens (tertiary/aromatic N) is 3. The van der Waals surface area contributed by atoms with Gasteiger partial charge in [-0.2, -0.15) is 0 Å². The van der Waals surface area contributed by atoms with Crippen molar-refractivity contribution in [2.75, 3.05) is 24.7 Å². The molecule has 1 N–H and O–H groups in total. The summed E-state index contributed by atoms with van der Waals surface area (Å²) in [7, 11) is -1.12. The monoisotopic (exact) mass is 439 g/mol. The fraction of sp³-hybridized carbons (Fsp3) is 0.391. The minimum Gasteiger partial charge on any atom is -0.478 e. The second-order valence-corrected chi connectivity index (χ2v) is 14.6. The van der Waals surface area contributed by atoms with Crippen LogP contribution >= 0.6 is 0 Å². The molecular weight excluding hydrogens is 410 g/mol. The van der Waals surface area contributed by atoms with E-state index in [4.69, 9.17) is 14.5 Å². The molecule has 0 radical (unpaired) electrons. The van der Waals surface area contributed by atoms with Crippen LogP contribution in [0.15, 0.2) is 42.6 Å². The van der Waals surface area contributed by atoms with Crippen molar-refractivity contribution in [2.45, 2.75) is 39.0 Å². The summed E-state index contributed by atoms with van der Waals surface area (Å²) in [6, 6.07) is 12.3. The van der Waals surface area contributed by atoms with Crippen molar-refractivity contribution >= 4 is 36.5 Å². The summed E-state index contributed by atoms with van der Waals surface area (Å²) >= 11 is 0. The minimum absolute atomic E-state index is 0.267. The lowest BCUT2D eigenvalue weighted by Crippen LogP contribution is -2.23. The van der Waals surface area contributed by atoms with Gasteiger partial charge in [0.15, 0.2) is 0 Å². The van der Waals surface area contributed by atoms with E-state index in [1.54, 1.807) is 12.1 Å². The van der Waals surface area contributed by atoms with Gasteiger partial charge in [-0.15, -0.1) is 0 Å². The number of hydrogen-bond donors (Lipinski definition) is 1. The van der Waals surface area contributed by atoms with E-state index in [0.717, 1.165) is 35.1 Å². The van der Waals surface area contributed by atoms with Gasteiger partial charge in [-0.1, -0.05) is 31.8 Å². The van der Waals surface area contributed by atoms with Crippen LogP contribution in [0.3, 0.4) is 0 Å². The summed E-state index contributed by atoms with van der Waals surface area (Å²) < 4.78 is 13.7. The summed E-state index contributed by atoms with van der Waals surface area (Å²) in [5.41, 5.74) is 3.45. The molecule has 164 valence electrons. The number of aromatic carboxylic acids is 1. The largest absolute Gasteiger partial charge is 0.478 e. The number of carbonyl (C=O) groups is 1. The van der Waals surface area contributed by atoms with Gasteiger partial charge < -0.3 is 24.0 Å². The molecule has 0 spiro atoms. The van der Waals surface area contributed by atoms with Crippen LogP contribution < -0.4 is 4.90 Å². The van der Waals surface area contributed by atoms with Gasteiger partial charge in [-0.25, -0.2) is 9.78 Å². The van der Waals surface area contributed by atoms with Crippen molar-refractivity contribution < 1.29 is 19.4 Å². The summed E-state index contributed by atoms with van der Waals surface area (Å²) in [5, 5.41) is 10.6. The molecule has 3 aromatic rings. The molecule has 0 bridgehead atoms. The first-order valence-electron chi connectivity index (χ1n) is 10.6. The van der Waals surface area contributed by atoms with E-state index in [1.807, 2.05) is 33.9 Å². The molecule has 7 nitrogen and oxygen atoms in total. The number of ether oxygens (including phenoxy) is 2. The number of rotatable bonds is 7. The molecule has 0 atom stereocenters. The van der Waals surface area contributed by atoms with Gasteiger partial charge in [0, 0.05) is 32.8 Å². The van der Waals surface area contributed by atoms with E-state index < -0.39 is 14.0 Å². The number of pyridine rings is 1. The van der Waals surface area contributed by atoms with Gasteiger partial charge in [0.25, 0.3) is 0 Å². The Morgan fingerprint density at radius 3 is 2.81 bits per heavy atom. The first-order valence-corrected chi connectivity index (χ1v) is 14.3. The normalized spacial score (nSPS) is 14.5. The van der Waals surface area contributed by atoms with Crippen molar-refractivity contribution in [1.29, 1.82) is 0 Å². The molecule has 1 aliphatic rings. The highest BCUT2D eigenvalue weighted by Crippen LogP contribution is 2.34. The quantitative estimate of drug-likeness (QED) is 0.424. The average Bonchev–Trinajstić information content (AvgIpc) is 2.99. The molecule has 1 aliphatic heterocycles. The van der Waals surface area contributed by atoms with Crippen molar-refractivity contribution in [3.8, 4) is 0 Å². The van der Waals surface area contributed by atoms with Crippen molar-refractivity contribution in [2.24, 2.45) is 0 Å². The molecule has 31 heavy (non-hydrogen) atoms. The zero-order valence-electron chi connectivity index (χ0n) is 18.3. The Labute approximate surface area is 183 Å². The van der Waals surface area contributed by atoms with Gasteiger partial charge in [0.2, 0.25) is 0 Å². The first kappa shape index (κ1) is 21.5. The number of hydrogen-bond acceptors (Lipinski definition) is 5. The standard InChI is InChI=1S/C23H29N3O4Si/c1-31(2,3)13-12-30-16-25-9-8-17-14-21-19(24-22(17)25)15-29-11-10-26(21)20-7-5-4-6-18(20)23(27)28/h4-9,14H,10-13,15-16H2,1-3H3,(H,27,28). The predicted molar refractivity (Wildman–Crippen MR) is 124 cm³/mol. The maximum Gasteiger partial charge on any atom is 0.337 e. The van der Waals surface area contributed by atoms with Gasteiger partial charge in [-0.3, -0.25) is 0 Å². The highest BCUT2D eigenvalue weighted by molar-refractivity contribution is 6.76. The molecule has 8 heteroatoms. The summed E-state index contributed by atoms with van der Waals surface area (Å²) in [6.45, 7) is 9.68. The third-order valence-corrected chi connectivity index (χ3v) is 7.14. The number of aromatic nitrogens is 2. The molecule has 4 rings (SSSR count). The summed E-state index contributed by atoms with van der Waals surface area (Å²) in [5.74, 6) is -0.946. The second kappa shape index (κ2) is 8.82. The van der Waals surface area contributed by atoms with Gasteiger partial charge in [0.1, 0.15) is 12.4 Å². The molecular formula is C23H29N3O4Si. The van der Waals surface area contributed by atoms with Gasteiger partial charge in [-0.05, 0) is 30.3 Å². The zero-order chi connectivity index (χ0) is 22.0. The van der Waals surface area contributed by atoms with Crippen LogP contribution in [0.5, 0.6) is 0 Å². The lowest BCUT2D eigenvalue weighted by molar-refractivity contribution is 0.0697. The Morgan fingerprint density at radius 1 is 1.23 bits per heavy atom. The fourth-order valence-corrected chi connectivity index (χ4v) is 4.47. The third-order valence-electron chi connectivity index (χ3n) is 5.43. The Kier molecular flexibility index (Phi) is 6.13. The molecule has 2 aromatic heterocycles. The average molecular weight is 440 g/mol. The number of fused-ring (bicyclic) bond motifs is 2. The summed E-state index contributed by atoms with van der Waals surface area (Å²) in [6.07, 6.45) is 1.99. The molecule has 3 heterocycles.